The molecule has 1 aliphatic carbocycles. The molecule has 0 radical (unpaired) electrons. The summed E-state index contributed by atoms with van der Waals surface area (Å²) in [6.07, 6.45) is 7.25. The Morgan fingerprint density at radius 1 is 0.981 bits per heavy atom. The van der Waals surface area contributed by atoms with Crippen LogP contribution in [0.25, 0.3) is 39.0 Å². The third-order valence-electron chi connectivity index (χ3n) is 11.6. The van der Waals surface area contributed by atoms with E-state index in [1.807, 2.05) is 6.07 Å². The van der Waals surface area contributed by atoms with Gasteiger partial charge in [0.25, 0.3) is 5.91 Å². The SMILES string of the molecule is Cc1cc(-n2nc3c(c2-n2ccn(-c4ccc5c(cnn5C)c4F)c2=O)CN(C(=O)c2cc4cc(C5CC6(COC6)C5)ccc4[nH]2)CC3)cc(C)c1F. The zero-order chi connectivity index (χ0) is 36.3. The van der Waals surface area contributed by atoms with E-state index < -0.39 is 11.5 Å². The first kappa shape index (κ1) is 31.9. The van der Waals surface area contributed by atoms with Crippen LogP contribution in [0.2, 0.25) is 0 Å². The fourth-order valence-corrected chi connectivity index (χ4v) is 8.63. The molecule has 13 heteroatoms. The van der Waals surface area contributed by atoms with Gasteiger partial charge in [-0.25, -0.2) is 18.3 Å². The summed E-state index contributed by atoms with van der Waals surface area (Å²) in [6, 6.07) is 15.0. The first-order valence-corrected chi connectivity index (χ1v) is 17.9. The lowest BCUT2D eigenvalue weighted by Gasteiger charge is -2.53. The average molecular weight is 715 g/mol. The molecule has 1 spiro atoms. The van der Waals surface area contributed by atoms with Crippen LogP contribution in [-0.2, 0) is 24.8 Å². The van der Waals surface area contributed by atoms with Crippen molar-refractivity contribution in [3.05, 3.63) is 123 Å². The molecular weight excluding hydrogens is 678 g/mol. The van der Waals surface area contributed by atoms with Crippen molar-refractivity contribution in [2.75, 3.05) is 19.8 Å². The second-order valence-corrected chi connectivity index (χ2v) is 15.1. The summed E-state index contributed by atoms with van der Waals surface area (Å²) in [5, 5.41) is 10.4. The normalized spacial score (nSPS) is 16.7. The number of fused-ring (bicyclic) bond motifs is 3. The van der Waals surface area contributed by atoms with E-state index in [9.17, 15) is 14.0 Å². The number of ether oxygens (including phenoxy) is 1. The van der Waals surface area contributed by atoms with Crippen molar-refractivity contribution in [2.24, 2.45) is 12.5 Å². The lowest BCUT2D eigenvalue weighted by Crippen LogP contribution is -2.51. The minimum Gasteiger partial charge on any atom is -0.380 e. The maximum absolute atomic E-state index is 15.8. The summed E-state index contributed by atoms with van der Waals surface area (Å²) in [5.41, 5.74) is 6.04. The molecule has 11 nitrogen and oxygen atoms in total. The van der Waals surface area contributed by atoms with Crippen molar-refractivity contribution in [3.8, 4) is 17.2 Å². The van der Waals surface area contributed by atoms with Crippen molar-refractivity contribution in [1.82, 2.24) is 38.6 Å². The van der Waals surface area contributed by atoms with E-state index in [1.54, 1.807) is 65.6 Å². The van der Waals surface area contributed by atoms with Gasteiger partial charge in [0.1, 0.15) is 17.3 Å². The minimum absolute atomic E-state index is 0.0790. The van der Waals surface area contributed by atoms with E-state index in [2.05, 4.69) is 28.3 Å². The zero-order valence-corrected chi connectivity index (χ0v) is 29.5. The number of carbonyl (C=O) groups is 1. The Hall–Kier alpha value is -5.82. The second-order valence-electron chi connectivity index (χ2n) is 15.1. The van der Waals surface area contributed by atoms with Gasteiger partial charge in [-0.2, -0.15) is 10.2 Å². The molecule has 10 rings (SSSR count). The van der Waals surface area contributed by atoms with E-state index >= 15 is 4.39 Å². The number of aryl methyl sites for hydroxylation is 3. The Kier molecular flexibility index (Phi) is 6.82. The van der Waals surface area contributed by atoms with Crippen LogP contribution >= 0.6 is 0 Å². The van der Waals surface area contributed by atoms with E-state index in [-0.39, 0.29) is 24.0 Å². The van der Waals surface area contributed by atoms with E-state index in [1.165, 1.54) is 27.1 Å². The Labute approximate surface area is 302 Å². The number of aromatic amines is 1. The summed E-state index contributed by atoms with van der Waals surface area (Å²) < 4.78 is 42.0. The molecule has 53 heavy (non-hydrogen) atoms. The monoisotopic (exact) mass is 714 g/mol. The molecule has 3 aliphatic rings. The molecule has 0 atom stereocenters. The van der Waals surface area contributed by atoms with E-state index in [0.29, 0.717) is 69.1 Å². The van der Waals surface area contributed by atoms with Crippen LogP contribution in [0.15, 0.2) is 71.9 Å². The molecule has 1 N–H and O–H groups in total. The molecule has 0 unspecified atom stereocenters. The number of nitrogens with zero attached hydrogens (tertiary/aromatic N) is 7. The first-order valence-electron chi connectivity index (χ1n) is 17.9. The standard InChI is InChI=1S/C40H36F2N8O3/c1-22-12-27(13-23(2)35(22)41)50-37(49-11-10-48(39(49)52)34-7-6-33-28(36(34)42)18-43-46(33)3)29-19-47(9-8-31(29)45-50)38(51)32-15-25-14-24(4-5-30(25)44-32)26-16-40(17-26)20-53-21-40/h4-7,10-15,18,26,44H,8-9,16-17,19-21H2,1-3H3. The number of imidazole rings is 1. The molecule has 6 heterocycles. The molecule has 7 aromatic rings. The first-order chi connectivity index (χ1) is 25.6. The van der Waals surface area contributed by atoms with E-state index in [0.717, 1.165) is 42.7 Å². The molecule has 1 saturated carbocycles. The van der Waals surface area contributed by atoms with Crippen LogP contribution in [-0.4, -0.2) is 64.2 Å². The lowest BCUT2D eigenvalue weighted by molar-refractivity contribution is -0.164. The summed E-state index contributed by atoms with van der Waals surface area (Å²) in [5.74, 6) is -0.127. The molecule has 2 aliphatic heterocycles. The third-order valence-corrected chi connectivity index (χ3v) is 11.6. The maximum atomic E-state index is 15.8. The number of hydrogen-bond donors (Lipinski definition) is 1. The van der Waals surface area contributed by atoms with Crippen LogP contribution in [0.1, 0.15) is 57.2 Å². The zero-order valence-electron chi connectivity index (χ0n) is 29.5. The number of aromatic nitrogens is 7. The van der Waals surface area contributed by atoms with Gasteiger partial charge < -0.3 is 14.6 Å². The molecule has 1 amide bonds. The lowest BCUT2D eigenvalue weighted by atomic mass is 9.59. The topological polar surface area (TPSA) is 108 Å². The Balaban J connectivity index is 1.03. The van der Waals surface area contributed by atoms with Gasteiger partial charge in [0, 0.05) is 54.3 Å². The molecule has 0 bridgehead atoms. The number of benzene rings is 3. The fourth-order valence-electron chi connectivity index (χ4n) is 8.63. The van der Waals surface area contributed by atoms with Crippen molar-refractivity contribution >= 4 is 27.7 Å². The van der Waals surface area contributed by atoms with Crippen LogP contribution < -0.4 is 5.69 Å². The van der Waals surface area contributed by atoms with Crippen molar-refractivity contribution in [3.63, 3.8) is 0 Å². The molecule has 3 aromatic carbocycles. The largest absolute Gasteiger partial charge is 0.380 e. The summed E-state index contributed by atoms with van der Waals surface area (Å²) in [6.45, 7) is 5.69. The Morgan fingerprint density at radius 3 is 2.51 bits per heavy atom. The summed E-state index contributed by atoms with van der Waals surface area (Å²) in [7, 11) is 1.73. The fraction of sp³-hybridized carbons (Fsp3) is 0.300. The number of halogens is 2. The van der Waals surface area contributed by atoms with Crippen LogP contribution in [0.5, 0.6) is 0 Å². The van der Waals surface area contributed by atoms with Gasteiger partial charge in [0.2, 0.25) is 0 Å². The smallest absolute Gasteiger partial charge is 0.338 e. The van der Waals surface area contributed by atoms with Gasteiger partial charge in [-0.1, -0.05) is 6.07 Å². The van der Waals surface area contributed by atoms with Gasteiger partial charge >= 0.3 is 5.69 Å². The van der Waals surface area contributed by atoms with Gasteiger partial charge in [-0.3, -0.25) is 18.6 Å². The number of rotatable bonds is 5. The van der Waals surface area contributed by atoms with Gasteiger partial charge in [-0.15, -0.1) is 0 Å². The second kappa shape index (κ2) is 11.3. The number of nitrogens with one attached hydrogen (secondary N) is 1. The van der Waals surface area contributed by atoms with Crippen molar-refractivity contribution < 1.29 is 18.3 Å². The van der Waals surface area contributed by atoms with Crippen molar-refractivity contribution in [1.29, 1.82) is 0 Å². The predicted molar refractivity (Wildman–Crippen MR) is 194 cm³/mol. The van der Waals surface area contributed by atoms with Crippen molar-refractivity contribution in [2.45, 2.75) is 45.6 Å². The Morgan fingerprint density at radius 2 is 1.75 bits per heavy atom. The number of H-pyrrole nitrogens is 1. The molecular formula is C40H36F2N8O3. The third kappa shape index (κ3) is 4.79. The number of carbonyl (C=O) groups excluding carboxylic acids is 1. The number of amides is 1. The minimum atomic E-state index is -0.567. The Bertz CT molecular complexity index is 2700. The highest BCUT2D eigenvalue weighted by molar-refractivity contribution is 5.98. The van der Waals surface area contributed by atoms with Gasteiger partial charge in [-0.05, 0) is 91.8 Å². The van der Waals surface area contributed by atoms with Gasteiger partial charge in [0.05, 0.1) is 53.9 Å². The molecule has 1 saturated heterocycles. The highest BCUT2D eigenvalue weighted by atomic mass is 19.1. The quantitative estimate of drug-likeness (QED) is 0.230. The summed E-state index contributed by atoms with van der Waals surface area (Å²) >= 11 is 0. The average Bonchev–Trinajstić information content (AvgIpc) is 3.89. The van der Waals surface area contributed by atoms with Crippen LogP contribution in [0.4, 0.5) is 8.78 Å². The highest BCUT2D eigenvalue weighted by Crippen LogP contribution is 2.55. The maximum Gasteiger partial charge on any atom is 0.338 e. The predicted octanol–water partition coefficient (Wildman–Crippen LogP) is 6.17. The molecule has 268 valence electrons. The highest BCUT2D eigenvalue weighted by Gasteiger charge is 2.50. The molecule has 4 aromatic heterocycles. The van der Waals surface area contributed by atoms with Crippen LogP contribution in [0, 0.1) is 30.9 Å². The van der Waals surface area contributed by atoms with Crippen LogP contribution in [0.3, 0.4) is 0 Å². The molecule has 2 fully saturated rings. The summed E-state index contributed by atoms with van der Waals surface area (Å²) in [4.78, 5) is 33.5. The van der Waals surface area contributed by atoms with E-state index in [4.69, 9.17) is 9.84 Å². The van der Waals surface area contributed by atoms with Gasteiger partial charge in [0.15, 0.2) is 5.82 Å². The number of hydrogen-bond acceptors (Lipinski definition) is 5.